The van der Waals surface area contributed by atoms with E-state index >= 15 is 0 Å². The maximum Gasteiger partial charge on any atom is 0.115 e. The molecule has 0 bridgehead atoms. The summed E-state index contributed by atoms with van der Waals surface area (Å²) in [6, 6.07) is 16.0. The smallest absolute Gasteiger partial charge is 0.115 e. The van der Waals surface area contributed by atoms with Gasteiger partial charge in [-0.1, -0.05) is 56.7 Å². The third-order valence-corrected chi connectivity index (χ3v) is 3.39. The van der Waals surface area contributed by atoms with E-state index in [1.807, 2.05) is 12.1 Å². The minimum Gasteiger partial charge on any atom is -0.508 e. The Kier molecular flexibility index (Phi) is 4.03. The first-order valence-corrected chi connectivity index (χ1v) is 6.60. The SMILES string of the molecule is CCC[C@H](C)c1ccccc1-c1ccc(O)cc1. The number of phenols is 1. The molecule has 2 aromatic rings. The van der Waals surface area contributed by atoms with E-state index in [0.717, 1.165) is 0 Å². The summed E-state index contributed by atoms with van der Waals surface area (Å²) in [5.74, 6) is 0.887. The van der Waals surface area contributed by atoms with Gasteiger partial charge in [-0.3, -0.25) is 0 Å². The van der Waals surface area contributed by atoms with Crippen LogP contribution in [-0.4, -0.2) is 5.11 Å². The molecule has 1 atom stereocenters. The van der Waals surface area contributed by atoms with Gasteiger partial charge in [0.1, 0.15) is 5.75 Å². The van der Waals surface area contributed by atoms with Gasteiger partial charge in [-0.05, 0) is 41.2 Å². The van der Waals surface area contributed by atoms with Crippen LogP contribution in [0.5, 0.6) is 5.75 Å². The summed E-state index contributed by atoms with van der Waals surface area (Å²) in [5.41, 5.74) is 3.84. The molecule has 0 heterocycles. The predicted octanol–water partition coefficient (Wildman–Crippen LogP) is 4.96. The average Bonchev–Trinajstić information content (AvgIpc) is 2.40. The van der Waals surface area contributed by atoms with Gasteiger partial charge < -0.3 is 5.11 Å². The molecule has 1 heteroatoms. The summed E-state index contributed by atoms with van der Waals surface area (Å²) in [7, 11) is 0. The van der Waals surface area contributed by atoms with Crippen molar-refractivity contribution < 1.29 is 5.11 Å². The Balaban J connectivity index is 2.41. The van der Waals surface area contributed by atoms with E-state index in [2.05, 4.69) is 38.1 Å². The van der Waals surface area contributed by atoms with Gasteiger partial charge in [0.2, 0.25) is 0 Å². The third kappa shape index (κ3) is 2.73. The molecule has 18 heavy (non-hydrogen) atoms. The van der Waals surface area contributed by atoms with Gasteiger partial charge in [0.25, 0.3) is 0 Å². The second kappa shape index (κ2) is 5.72. The second-order valence-corrected chi connectivity index (χ2v) is 4.82. The van der Waals surface area contributed by atoms with Crippen molar-refractivity contribution in [2.24, 2.45) is 0 Å². The molecule has 2 aromatic carbocycles. The lowest BCUT2D eigenvalue weighted by atomic mass is 9.89. The van der Waals surface area contributed by atoms with Crippen molar-refractivity contribution in [2.45, 2.75) is 32.6 Å². The Morgan fingerprint density at radius 1 is 1.00 bits per heavy atom. The highest BCUT2D eigenvalue weighted by Gasteiger charge is 2.10. The van der Waals surface area contributed by atoms with E-state index < -0.39 is 0 Å². The molecule has 0 aromatic heterocycles. The minimum atomic E-state index is 0.317. The van der Waals surface area contributed by atoms with Crippen molar-refractivity contribution in [1.82, 2.24) is 0 Å². The van der Waals surface area contributed by atoms with Crippen LogP contribution in [0.15, 0.2) is 48.5 Å². The summed E-state index contributed by atoms with van der Waals surface area (Å²) >= 11 is 0. The number of aromatic hydroxyl groups is 1. The maximum atomic E-state index is 9.37. The molecule has 0 spiro atoms. The fraction of sp³-hybridized carbons (Fsp3) is 0.294. The van der Waals surface area contributed by atoms with E-state index in [0.29, 0.717) is 11.7 Å². The summed E-state index contributed by atoms with van der Waals surface area (Å²) in [6.07, 6.45) is 2.40. The van der Waals surface area contributed by atoms with E-state index in [1.54, 1.807) is 12.1 Å². The van der Waals surface area contributed by atoms with Crippen molar-refractivity contribution in [1.29, 1.82) is 0 Å². The van der Waals surface area contributed by atoms with Crippen molar-refractivity contribution in [3.8, 4) is 16.9 Å². The highest BCUT2D eigenvalue weighted by atomic mass is 16.3. The molecule has 1 N–H and O–H groups in total. The van der Waals surface area contributed by atoms with Crippen LogP contribution in [0.25, 0.3) is 11.1 Å². The van der Waals surface area contributed by atoms with Crippen LogP contribution in [0.4, 0.5) is 0 Å². The highest BCUT2D eigenvalue weighted by Crippen LogP contribution is 2.32. The zero-order chi connectivity index (χ0) is 13.0. The normalized spacial score (nSPS) is 12.3. The monoisotopic (exact) mass is 240 g/mol. The van der Waals surface area contributed by atoms with Gasteiger partial charge in [0, 0.05) is 0 Å². The molecule has 0 saturated heterocycles. The standard InChI is InChI=1S/C17H20O/c1-3-6-13(2)16-7-4-5-8-17(16)14-9-11-15(18)12-10-14/h4-5,7-13,18H,3,6H2,1-2H3/t13-/m0/s1. The highest BCUT2D eigenvalue weighted by molar-refractivity contribution is 5.68. The van der Waals surface area contributed by atoms with Gasteiger partial charge >= 0.3 is 0 Å². The van der Waals surface area contributed by atoms with Gasteiger partial charge in [-0.2, -0.15) is 0 Å². The summed E-state index contributed by atoms with van der Waals surface area (Å²) in [6.45, 7) is 4.50. The molecular formula is C17H20O. The molecule has 2 rings (SSSR count). The van der Waals surface area contributed by atoms with Crippen LogP contribution in [0.1, 0.15) is 38.2 Å². The second-order valence-electron chi connectivity index (χ2n) is 4.82. The van der Waals surface area contributed by atoms with Crippen molar-refractivity contribution in [3.05, 3.63) is 54.1 Å². The van der Waals surface area contributed by atoms with Crippen LogP contribution in [0.3, 0.4) is 0 Å². The van der Waals surface area contributed by atoms with Crippen molar-refractivity contribution in [2.75, 3.05) is 0 Å². The summed E-state index contributed by atoms with van der Waals surface area (Å²) in [4.78, 5) is 0. The molecule has 0 aliphatic carbocycles. The van der Waals surface area contributed by atoms with Gasteiger partial charge in [0.05, 0.1) is 0 Å². The van der Waals surface area contributed by atoms with E-state index in [-0.39, 0.29) is 0 Å². The Bertz CT molecular complexity index is 499. The number of phenolic OH excluding ortho intramolecular Hbond substituents is 1. The summed E-state index contributed by atoms with van der Waals surface area (Å²) in [5, 5.41) is 9.37. The summed E-state index contributed by atoms with van der Waals surface area (Å²) < 4.78 is 0. The number of rotatable bonds is 4. The number of hydrogen-bond donors (Lipinski definition) is 1. The number of benzene rings is 2. The van der Waals surface area contributed by atoms with Gasteiger partial charge in [-0.15, -0.1) is 0 Å². The Morgan fingerprint density at radius 2 is 1.67 bits per heavy atom. The lowest BCUT2D eigenvalue weighted by molar-refractivity contribution is 0.475. The van der Waals surface area contributed by atoms with E-state index in [1.165, 1.54) is 29.5 Å². The molecule has 1 nitrogen and oxygen atoms in total. The molecule has 0 saturated carbocycles. The van der Waals surface area contributed by atoms with Crippen LogP contribution in [0, 0.1) is 0 Å². The maximum absolute atomic E-state index is 9.37. The first kappa shape index (κ1) is 12.7. The van der Waals surface area contributed by atoms with Crippen LogP contribution < -0.4 is 0 Å². The zero-order valence-corrected chi connectivity index (χ0v) is 11.1. The molecule has 0 aliphatic heterocycles. The van der Waals surface area contributed by atoms with Crippen molar-refractivity contribution in [3.63, 3.8) is 0 Å². The fourth-order valence-electron chi connectivity index (χ4n) is 2.42. The first-order chi connectivity index (χ1) is 8.72. The zero-order valence-electron chi connectivity index (χ0n) is 11.1. The Hall–Kier alpha value is -1.76. The molecule has 0 radical (unpaired) electrons. The Morgan fingerprint density at radius 3 is 2.33 bits per heavy atom. The van der Waals surface area contributed by atoms with Gasteiger partial charge in [-0.25, -0.2) is 0 Å². The lowest BCUT2D eigenvalue weighted by Crippen LogP contribution is -1.96. The molecule has 94 valence electrons. The molecule has 0 aliphatic rings. The van der Waals surface area contributed by atoms with Gasteiger partial charge in [0.15, 0.2) is 0 Å². The largest absolute Gasteiger partial charge is 0.508 e. The van der Waals surface area contributed by atoms with Crippen LogP contribution in [0.2, 0.25) is 0 Å². The van der Waals surface area contributed by atoms with E-state index in [9.17, 15) is 5.11 Å². The molecule has 0 amide bonds. The molecule has 0 fully saturated rings. The van der Waals surface area contributed by atoms with Crippen LogP contribution in [-0.2, 0) is 0 Å². The Labute approximate surface area is 109 Å². The molecular weight excluding hydrogens is 220 g/mol. The average molecular weight is 240 g/mol. The minimum absolute atomic E-state index is 0.317. The fourth-order valence-corrected chi connectivity index (χ4v) is 2.42. The predicted molar refractivity (Wildman–Crippen MR) is 76.9 cm³/mol. The lowest BCUT2D eigenvalue weighted by Gasteiger charge is -2.16. The van der Waals surface area contributed by atoms with Crippen LogP contribution >= 0.6 is 0 Å². The van der Waals surface area contributed by atoms with E-state index in [4.69, 9.17) is 0 Å². The van der Waals surface area contributed by atoms with Crippen molar-refractivity contribution >= 4 is 0 Å². The molecule has 0 unspecified atom stereocenters. The first-order valence-electron chi connectivity index (χ1n) is 6.60. The number of hydrogen-bond acceptors (Lipinski definition) is 1. The third-order valence-electron chi connectivity index (χ3n) is 3.39. The topological polar surface area (TPSA) is 20.2 Å². The quantitative estimate of drug-likeness (QED) is 0.800.